The number of nitrogens with zero attached hydrogens (tertiary/aromatic N) is 2. The van der Waals surface area contributed by atoms with E-state index in [1.807, 2.05) is 13.8 Å². The minimum atomic E-state index is -0.428. The Morgan fingerprint density at radius 3 is 3.00 bits per heavy atom. The molecule has 0 radical (unpaired) electrons. The molecule has 0 aliphatic heterocycles. The van der Waals surface area contributed by atoms with Crippen molar-refractivity contribution in [3.63, 3.8) is 0 Å². The number of non-ortho nitro benzene ring substituents is 1. The van der Waals surface area contributed by atoms with Crippen molar-refractivity contribution in [1.29, 1.82) is 0 Å². The lowest BCUT2D eigenvalue weighted by Crippen LogP contribution is -2.27. The molecule has 1 aromatic heterocycles. The topological polar surface area (TPSA) is 94.4 Å². The van der Waals surface area contributed by atoms with Crippen LogP contribution < -0.4 is 5.32 Å². The zero-order valence-corrected chi connectivity index (χ0v) is 15.1. The standard InChI is InChI=1S/C15H19N3O4S2/c1-10(2)22-7-3-6-16-14(19)9-23-15-17-12-5-4-11(18(20)21)8-13(12)24-15/h4-5,8,10H,3,6-7,9H2,1-2H3,(H,16,19). The summed E-state index contributed by atoms with van der Waals surface area (Å²) in [7, 11) is 0. The lowest BCUT2D eigenvalue weighted by atomic mass is 10.3. The number of carbonyl (C=O) groups is 1. The molecule has 24 heavy (non-hydrogen) atoms. The van der Waals surface area contributed by atoms with E-state index in [4.69, 9.17) is 4.74 Å². The van der Waals surface area contributed by atoms with Gasteiger partial charge in [-0.1, -0.05) is 11.8 Å². The largest absolute Gasteiger partial charge is 0.379 e. The number of aromatic nitrogens is 1. The summed E-state index contributed by atoms with van der Waals surface area (Å²) < 4.78 is 6.87. The molecule has 1 heterocycles. The highest BCUT2D eigenvalue weighted by atomic mass is 32.2. The Kier molecular flexibility index (Phi) is 6.95. The van der Waals surface area contributed by atoms with Crippen molar-refractivity contribution in [2.24, 2.45) is 0 Å². The summed E-state index contributed by atoms with van der Waals surface area (Å²) in [5.74, 6) is 0.210. The van der Waals surface area contributed by atoms with E-state index < -0.39 is 4.92 Å². The lowest BCUT2D eigenvalue weighted by molar-refractivity contribution is -0.384. The highest BCUT2D eigenvalue weighted by Gasteiger charge is 2.11. The average Bonchev–Trinajstić information content (AvgIpc) is 2.94. The molecule has 0 aliphatic rings. The molecule has 0 spiro atoms. The second kappa shape index (κ2) is 8.95. The first-order valence-electron chi connectivity index (χ1n) is 7.52. The molecule has 0 unspecified atom stereocenters. The van der Waals surface area contributed by atoms with Crippen molar-refractivity contribution in [2.45, 2.75) is 30.7 Å². The number of carbonyl (C=O) groups excluding carboxylic acids is 1. The van der Waals surface area contributed by atoms with Gasteiger partial charge in [0.25, 0.3) is 5.69 Å². The van der Waals surface area contributed by atoms with Crippen LogP contribution in [0.5, 0.6) is 0 Å². The molecule has 0 bridgehead atoms. The van der Waals surface area contributed by atoms with E-state index in [1.54, 1.807) is 6.07 Å². The van der Waals surface area contributed by atoms with Crippen LogP contribution in [0, 0.1) is 10.1 Å². The maximum Gasteiger partial charge on any atom is 0.270 e. The summed E-state index contributed by atoms with van der Waals surface area (Å²) in [6, 6.07) is 4.57. The third-order valence-corrected chi connectivity index (χ3v) is 5.15. The summed E-state index contributed by atoms with van der Waals surface area (Å²) in [4.78, 5) is 26.5. The van der Waals surface area contributed by atoms with Crippen molar-refractivity contribution in [3.8, 4) is 0 Å². The number of amides is 1. The van der Waals surface area contributed by atoms with Crippen molar-refractivity contribution < 1.29 is 14.5 Å². The first-order valence-corrected chi connectivity index (χ1v) is 9.32. The number of nitro groups is 1. The van der Waals surface area contributed by atoms with Gasteiger partial charge in [-0.25, -0.2) is 4.98 Å². The average molecular weight is 369 g/mol. The number of thiazole rings is 1. The van der Waals surface area contributed by atoms with Crippen molar-refractivity contribution >= 4 is 44.9 Å². The maximum absolute atomic E-state index is 11.8. The van der Waals surface area contributed by atoms with Crippen LogP contribution in [-0.2, 0) is 9.53 Å². The van der Waals surface area contributed by atoms with Gasteiger partial charge in [-0.3, -0.25) is 14.9 Å². The van der Waals surface area contributed by atoms with Crippen LogP contribution in [0.25, 0.3) is 10.2 Å². The smallest absolute Gasteiger partial charge is 0.270 e. The van der Waals surface area contributed by atoms with Crippen LogP contribution in [0.3, 0.4) is 0 Å². The summed E-state index contributed by atoms with van der Waals surface area (Å²) in [5, 5.41) is 13.6. The molecule has 7 nitrogen and oxygen atoms in total. The van der Waals surface area contributed by atoms with E-state index in [0.717, 1.165) is 15.5 Å². The first-order chi connectivity index (χ1) is 11.5. The van der Waals surface area contributed by atoms with Gasteiger partial charge in [-0.05, 0) is 26.3 Å². The first kappa shape index (κ1) is 18.6. The molecule has 0 saturated heterocycles. The quantitative estimate of drug-likeness (QED) is 0.316. The van der Waals surface area contributed by atoms with Crippen molar-refractivity contribution in [1.82, 2.24) is 10.3 Å². The third kappa shape index (κ3) is 5.73. The summed E-state index contributed by atoms with van der Waals surface area (Å²) in [6.07, 6.45) is 0.977. The molecule has 1 aromatic carbocycles. The van der Waals surface area contributed by atoms with E-state index >= 15 is 0 Å². The summed E-state index contributed by atoms with van der Waals surface area (Å²) in [5.41, 5.74) is 0.753. The number of ether oxygens (including phenoxy) is 1. The van der Waals surface area contributed by atoms with Gasteiger partial charge in [0, 0.05) is 25.3 Å². The zero-order chi connectivity index (χ0) is 17.5. The molecule has 2 rings (SSSR count). The fourth-order valence-corrected chi connectivity index (χ4v) is 3.80. The lowest BCUT2D eigenvalue weighted by Gasteiger charge is -2.07. The normalized spacial score (nSPS) is 11.1. The molecule has 1 N–H and O–H groups in total. The van der Waals surface area contributed by atoms with Crippen LogP contribution >= 0.6 is 23.1 Å². The summed E-state index contributed by atoms with van der Waals surface area (Å²) >= 11 is 2.68. The highest BCUT2D eigenvalue weighted by molar-refractivity contribution is 8.01. The summed E-state index contributed by atoms with van der Waals surface area (Å²) in [6.45, 7) is 5.16. The second-order valence-corrected chi connectivity index (χ2v) is 7.55. The third-order valence-electron chi connectivity index (χ3n) is 2.98. The van der Waals surface area contributed by atoms with E-state index in [-0.39, 0.29) is 23.5 Å². The van der Waals surface area contributed by atoms with Gasteiger partial charge < -0.3 is 10.1 Å². The van der Waals surface area contributed by atoms with Crippen LogP contribution in [0.4, 0.5) is 5.69 Å². The molecular weight excluding hydrogens is 350 g/mol. The predicted octanol–water partition coefficient (Wildman–Crippen LogP) is 3.23. The SMILES string of the molecule is CC(C)OCCCNC(=O)CSc1nc2ccc([N+](=O)[O-])cc2s1. The van der Waals surface area contributed by atoms with Gasteiger partial charge in [0.1, 0.15) is 0 Å². The van der Waals surface area contributed by atoms with Gasteiger partial charge in [-0.15, -0.1) is 11.3 Å². The molecule has 0 aliphatic carbocycles. The van der Waals surface area contributed by atoms with Gasteiger partial charge in [0.15, 0.2) is 4.34 Å². The highest BCUT2D eigenvalue weighted by Crippen LogP contribution is 2.31. The van der Waals surface area contributed by atoms with E-state index in [2.05, 4.69) is 10.3 Å². The molecule has 0 fully saturated rings. The molecule has 0 saturated carbocycles. The number of hydrogen-bond donors (Lipinski definition) is 1. The molecular formula is C15H19N3O4S2. The zero-order valence-electron chi connectivity index (χ0n) is 13.5. The number of rotatable bonds is 9. The van der Waals surface area contributed by atoms with E-state index in [0.29, 0.717) is 18.7 Å². The van der Waals surface area contributed by atoms with Crippen LogP contribution in [0.15, 0.2) is 22.5 Å². The van der Waals surface area contributed by atoms with Crippen molar-refractivity contribution in [2.75, 3.05) is 18.9 Å². The fourth-order valence-electron chi connectivity index (χ4n) is 1.86. The molecule has 2 aromatic rings. The Bertz CT molecular complexity index is 718. The van der Waals surface area contributed by atoms with Gasteiger partial charge in [-0.2, -0.15) is 0 Å². The molecule has 9 heteroatoms. The molecule has 130 valence electrons. The predicted molar refractivity (Wildman–Crippen MR) is 95.7 cm³/mol. The molecule has 1 amide bonds. The number of benzene rings is 1. The Balaban J connectivity index is 1.78. The Morgan fingerprint density at radius 1 is 1.50 bits per heavy atom. The van der Waals surface area contributed by atoms with Gasteiger partial charge >= 0.3 is 0 Å². The number of hydrogen-bond acceptors (Lipinski definition) is 7. The van der Waals surface area contributed by atoms with Crippen LogP contribution in [0.2, 0.25) is 0 Å². The number of nitro benzene ring substituents is 1. The number of thioether (sulfide) groups is 1. The van der Waals surface area contributed by atoms with Crippen molar-refractivity contribution in [3.05, 3.63) is 28.3 Å². The monoisotopic (exact) mass is 369 g/mol. The van der Waals surface area contributed by atoms with Gasteiger partial charge in [0.05, 0.1) is 27.0 Å². The number of nitrogens with one attached hydrogen (secondary N) is 1. The van der Waals surface area contributed by atoms with Crippen LogP contribution in [0.1, 0.15) is 20.3 Å². The van der Waals surface area contributed by atoms with Crippen LogP contribution in [-0.4, -0.2) is 40.8 Å². The minimum Gasteiger partial charge on any atom is -0.379 e. The fraction of sp³-hybridized carbons (Fsp3) is 0.467. The van der Waals surface area contributed by atoms with Gasteiger partial charge in [0.2, 0.25) is 5.91 Å². The van der Waals surface area contributed by atoms with E-state index in [9.17, 15) is 14.9 Å². The Labute approximate surface area is 147 Å². The maximum atomic E-state index is 11.8. The Morgan fingerprint density at radius 2 is 2.29 bits per heavy atom. The van der Waals surface area contributed by atoms with E-state index in [1.165, 1.54) is 35.2 Å². The second-order valence-electron chi connectivity index (χ2n) is 5.30. The number of fused-ring (bicyclic) bond motifs is 1. The molecule has 0 atom stereocenters. The Hall–Kier alpha value is -1.71. The minimum absolute atomic E-state index is 0.0454.